The summed E-state index contributed by atoms with van der Waals surface area (Å²) in [7, 11) is 1.66. The molecule has 24 heavy (non-hydrogen) atoms. The lowest BCUT2D eigenvalue weighted by molar-refractivity contribution is 0.415. The van der Waals surface area contributed by atoms with Gasteiger partial charge in [0.1, 0.15) is 10.8 Å². The molecule has 0 saturated carbocycles. The van der Waals surface area contributed by atoms with Crippen molar-refractivity contribution in [2.24, 2.45) is 0 Å². The van der Waals surface area contributed by atoms with Crippen LogP contribution in [0.4, 0.5) is 0 Å². The van der Waals surface area contributed by atoms with Crippen molar-refractivity contribution in [3.05, 3.63) is 48.7 Å². The summed E-state index contributed by atoms with van der Waals surface area (Å²) >= 11 is 1.74. The summed E-state index contributed by atoms with van der Waals surface area (Å²) in [5, 5.41) is 14.0. The summed E-state index contributed by atoms with van der Waals surface area (Å²) in [6.45, 7) is 2.19. The first kappa shape index (κ1) is 16.5. The number of benzene rings is 1. The van der Waals surface area contributed by atoms with Gasteiger partial charge in [0.15, 0.2) is 5.82 Å². The van der Waals surface area contributed by atoms with Gasteiger partial charge in [0.2, 0.25) is 0 Å². The van der Waals surface area contributed by atoms with Gasteiger partial charge in [-0.05, 0) is 54.6 Å². The van der Waals surface area contributed by atoms with Crippen molar-refractivity contribution < 1.29 is 4.74 Å². The van der Waals surface area contributed by atoms with E-state index in [1.165, 1.54) is 12.8 Å². The summed E-state index contributed by atoms with van der Waals surface area (Å²) in [6.07, 6.45) is 4.15. The van der Waals surface area contributed by atoms with Crippen molar-refractivity contribution >= 4 is 11.8 Å². The first-order chi connectivity index (χ1) is 11.8. The van der Waals surface area contributed by atoms with Crippen LogP contribution in [0.1, 0.15) is 19.8 Å². The summed E-state index contributed by atoms with van der Waals surface area (Å²) in [6, 6.07) is 13.8. The van der Waals surface area contributed by atoms with Crippen LogP contribution in [0.2, 0.25) is 0 Å². The Hall–Kier alpha value is -2.34. The molecule has 0 bridgehead atoms. The summed E-state index contributed by atoms with van der Waals surface area (Å²) < 4.78 is 7.01. The molecule has 0 unspecified atom stereocenters. The van der Waals surface area contributed by atoms with E-state index in [4.69, 9.17) is 4.74 Å². The van der Waals surface area contributed by atoms with Crippen LogP contribution in [0.25, 0.3) is 17.1 Å². The molecular weight excluding hydrogens is 320 g/mol. The lowest BCUT2D eigenvalue weighted by Gasteiger charge is -2.07. The molecule has 1 aromatic carbocycles. The largest absolute Gasteiger partial charge is 0.497 e. The number of hydrogen-bond donors (Lipinski definition) is 0. The Morgan fingerprint density at radius 2 is 1.88 bits per heavy atom. The fraction of sp³-hybridized carbons (Fsp3) is 0.278. The van der Waals surface area contributed by atoms with E-state index in [1.54, 1.807) is 29.8 Å². The number of ether oxygens (including phenoxy) is 1. The number of nitrogens with zero attached hydrogens (tertiary/aromatic N) is 4. The standard InChI is InChI=1S/C18H20N4OS/c1-3-4-13-24-18-10-9-17(20-21-18)22-16(11-12-19-22)14-5-7-15(23-2)8-6-14/h5-12H,3-4,13H2,1-2H3. The average Bonchev–Trinajstić information content (AvgIpc) is 3.12. The normalized spacial score (nSPS) is 10.8. The Bertz CT molecular complexity index is 768. The van der Waals surface area contributed by atoms with Crippen molar-refractivity contribution in [3.63, 3.8) is 0 Å². The molecule has 2 aromatic heterocycles. The second-order valence-electron chi connectivity index (χ2n) is 5.29. The van der Waals surface area contributed by atoms with Crippen LogP contribution in [-0.2, 0) is 0 Å². The molecule has 0 amide bonds. The van der Waals surface area contributed by atoms with Crippen LogP contribution in [0.3, 0.4) is 0 Å². The highest BCUT2D eigenvalue weighted by molar-refractivity contribution is 7.99. The van der Waals surface area contributed by atoms with E-state index in [0.717, 1.165) is 27.8 Å². The number of methoxy groups -OCH3 is 1. The summed E-state index contributed by atoms with van der Waals surface area (Å²) in [5.74, 6) is 2.62. The minimum atomic E-state index is 0.714. The highest BCUT2D eigenvalue weighted by Gasteiger charge is 2.09. The zero-order valence-electron chi connectivity index (χ0n) is 13.8. The molecule has 6 heteroatoms. The lowest BCUT2D eigenvalue weighted by Crippen LogP contribution is -2.03. The molecule has 0 radical (unpaired) electrons. The first-order valence-corrected chi connectivity index (χ1v) is 8.95. The van der Waals surface area contributed by atoms with Gasteiger partial charge in [-0.3, -0.25) is 0 Å². The van der Waals surface area contributed by atoms with Crippen LogP contribution >= 0.6 is 11.8 Å². The third-order valence-electron chi connectivity index (χ3n) is 3.62. The molecule has 0 aliphatic heterocycles. The number of unbranched alkanes of at least 4 members (excludes halogenated alkanes) is 1. The zero-order chi connectivity index (χ0) is 16.8. The molecular formula is C18H20N4OS. The van der Waals surface area contributed by atoms with Gasteiger partial charge in [-0.2, -0.15) is 5.10 Å². The maximum absolute atomic E-state index is 5.21. The maximum Gasteiger partial charge on any atom is 0.176 e. The van der Waals surface area contributed by atoms with Gasteiger partial charge in [-0.1, -0.05) is 13.3 Å². The monoisotopic (exact) mass is 340 g/mol. The first-order valence-electron chi connectivity index (χ1n) is 7.97. The van der Waals surface area contributed by atoms with E-state index in [1.807, 2.05) is 42.5 Å². The quantitative estimate of drug-likeness (QED) is 0.476. The Labute approximate surface area is 146 Å². The molecule has 124 valence electrons. The molecule has 3 aromatic rings. The maximum atomic E-state index is 5.21. The molecule has 0 fully saturated rings. The smallest absolute Gasteiger partial charge is 0.176 e. The molecule has 0 aliphatic rings. The molecule has 0 spiro atoms. The molecule has 0 saturated heterocycles. The number of thioether (sulfide) groups is 1. The van der Waals surface area contributed by atoms with Gasteiger partial charge in [-0.25, -0.2) is 4.68 Å². The van der Waals surface area contributed by atoms with Crippen molar-refractivity contribution in [1.29, 1.82) is 0 Å². The zero-order valence-corrected chi connectivity index (χ0v) is 14.7. The van der Waals surface area contributed by atoms with E-state index in [2.05, 4.69) is 22.2 Å². The van der Waals surface area contributed by atoms with Gasteiger partial charge in [0, 0.05) is 5.56 Å². The second kappa shape index (κ2) is 7.97. The molecule has 0 aliphatic carbocycles. The van der Waals surface area contributed by atoms with Gasteiger partial charge >= 0.3 is 0 Å². The van der Waals surface area contributed by atoms with Crippen LogP contribution in [0, 0.1) is 0 Å². The number of aromatic nitrogens is 4. The lowest BCUT2D eigenvalue weighted by atomic mass is 10.1. The van der Waals surface area contributed by atoms with Gasteiger partial charge in [-0.15, -0.1) is 22.0 Å². The fourth-order valence-electron chi connectivity index (χ4n) is 2.29. The van der Waals surface area contributed by atoms with E-state index in [0.29, 0.717) is 5.82 Å². The Kier molecular flexibility index (Phi) is 5.48. The van der Waals surface area contributed by atoms with Crippen molar-refractivity contribution in [2.75, 3.05) is 12.9 Å². The highest BCUT2D eigenvalue weighted by atomic mass is 32.2. The third-order valence-corrected chi connectivity index (χ3v) is 4.63. The van der Waals surface area contributed by atoms with Crippen LogP contribution < -0.4 is 4.74 Å². The Balaban J connectivity index is 1.81. The van der Waals surface area contributed by atoms with Crippen molar-refractivity contribution in [3.8, 4) is 22.8 Å². The Morgan fingerprint density at radius 3 is 2.54 bits per heavy atom. The van der Waals surface area contributed by atoms with E-state index < -0.39 is 0 Å². The van der Waals surface area contributed by atoms with Crippen LogP contribution in [0.15, 0.2) is 53.7 Å². The third kappa shape index (κ3) is 3.76. The number of hydrogen-bond acceptors (Lipinski definition) is 5. The SMILES string of the molecule is CCCCSc1ccc(-n2nccc2-c2ccc(OC)cc2)nn1. The molecule has 2 heterocycles. The molecule has 3 rings (SSSR count). The minimum absolute atomic E-state index is 0.714. The highest BCUT2D eigenvalue weighted by Crippen LogP contribution is 2.24. The van der Waals surface area contributed by atoms with Gasteiger partial charge in [0.05, 0.1) is 19.0 Å². The molecule has 0 N–H and O–H groups in total. The van der Waals surface area contributed by atoms with Crippen molar-refractivity contribution in [1.82, 2.24) is 20.0 Å². The summed E-state index contributed by atoms with van der Waals surface area (Å²) in [4.78, 5) is 0. The van der Waals surface area contributed by atoms with E-state index >= 15 is 0 Å². The number of rotatable bonds is 7. The average molecular weight is 340 g/mol. The van der Waals surface area contributed by atoms with Gasteiger partial charge < -0.3 is 4.74 Å². The minimum Gasteiger partial charge on any atom is -0.497 e. The predicted molar refractivity (Wildman–Crippen MR) is 96.8 cm³/mol. The summed E-state index contributed by atoms with van der Waals surface area (Å²) in [5.41, 5.74) is 2.02. The van der Waals surface area contributed by atoms with E-state index in [9.17, 15) is 0 Å². The Morgan fingerprint density at radius 1 is 1.04 bits per heavy atom. The van der Waals surface area contributed by atoms with Crippen molar-refractivity contribution in [2.45, 2.75) is 24.8 Å². The second-order valence-corrected chi connectivity index (χ2v) is 6.40. The molecule has 5 nitrogen and oxygen atoms in total. The fourth-order valence-corrected chi connectivity index (χ4v) is 3.20. The predicted octanol–water partition coefficient (Wildman–Crippen LogP) is 4.23. The van der Waals surface area contributed by atoms with Crippen LogP contribution in [-0.4, -0.2) is 32.8 Å². The topological polar surface area (TPSA) is 52.8 Å². The van der Waals surface area contributed by atoms with Gasteiger partial charge in [0.25, 0.3) is 0 Å². The molecule has 0 atom stereocenters. The van der Waals surface area contributed by atoms with E-state index in [-0.39, 0.29) is 0 Å². The van der Waals surface area contributed by atoms with Crippen LogP contribution in [0.5, 0.6) is 5.75 Å².